The molecule has 1 aromatic rings. The van der Waals surface area contributed by atoms with E-state index in [0.717, 1.165) is 34.5 Å². The smallest absolute Gasteiger partial charge is 0.0454 e. The predicted molar refractivity (Wildman–Crippen MR) is 81.6 cm³/mol. The van der Waals surface area contributed by atoms with Gasteiger partial charge in [0.25, 0.3) is 0 Å². The van der Waals surface area contributed by atoms with Gasteiger partial charge in [-0.15, -0.1) is 0 Å². The van der Waals surface area contributed by atoms with E-state index in [-0.39, 0.29) is 0 Å². The summed E-state index contributed by atoms with van der Waals surface area (Å²) in [5, 5.41) is 5.05. The van der Waals surface area contributed by atoms with Crippen molar-refractivity contribution in [3.63, 3.8) is 0 Å². The lowest BCUT2D eigenvalue weighted by atomic mass is 9.98. The molecule has 0 aliphatic heterocycles. The third-order valence-corrected chi connectivity index (χ3v) is 3.64. The van der Waals surface area contributed by atoms with Crippen LogP contribution in [0.1, 0.15) is 51.6 Å². The first-order chi connectivity index (χ1) is 8.54. The summed E-state index contributed by atoms with van der Waals surface area (Å²) in [6.07, 6.45) is 3.56. The minimum atomic E-state index is 0.306. The summed E-state index contributed by atoms with van der Waals surface area (Å²) in [7, 11) is 0. The monoisotopic (exact) mass is 287 g/mol. The minimum Gasteiger partial charge on any atom is -0.310 e. The van der Waals surface area contributed by atoms with E-state index in [1.165, 1.54) is 12.8 Å². The van der Waals surface area contributed by atoms with Gasteiger partial charge in [-0.3, -0.25) is 0 Å². The van der Waals surface area contributed by atoms with Gasteiger partial charge in [-0.1, -0.05) is 56.8 Å². The zero-order chi connectivity index (χ0) is 13.5. The molecule has 102 valence electrons. The quantitative estimate of drug-likeness (QED) is 0.701. The normalized spacial score (nSPS) is 13.0. The summed E-state index contributed by atoms with van der Waals surface area (Å²) in [5.41, 5.74) is 1.12. The Morgan fingerprint density at radius 2 is 1.89 bits per heavy atom. The molecule has 1 unspecified atom stereocenters. The molecule has 0 saturated heterocycles. The number of hydrogen-bond acceptors (Lipinski definition) is 1. The Balaban J connectivity index is 2.73. The lowest BCUT2D eigenvalue weighted by Gasteiger charge is -2.20. The highest BCUT2D eigenvalue weighted by Crippen LogP contribution is 2.29. The zero-order valence-electron chi connectivity index (χ0n) is 11.5. The highest BCUT2D eigenvalue weighted by atomic mass is 35.5. The molecule has 0 aromatic heterocycles. The fourth-order valence-electron chi connectivity index (χ4n) is 2.13. The van der Waals surface area contributed by atoms with E-state index in [1.54, 1.807) is 0 Å². The number of hydrogen-bond donors (Lipinski definition) is 1. The van der Waals surface area contributed by atoms with Crippen LogP contribution in [0.15, 0.2) is 18.2 Å². The van der Waals surface area contributed by atoms with Gasteiger partial charge in [0.15, 0.2) is 0 Å². The van der Waals surface area contributed by atoms with Crippen LogP contribution >= 0.6 is 23.2 Å². The Morgan fingerprint density at radius 1 is 1.17 bits per heavy atom. The van der Waals surface area contributed by atoms with Gasteiger partial charge in [0.1, 0.15) is 0 Å². The summed E-state index contributed by atoms with van der Waals surface area (Å²) in [6.45, 7) is 7.58. The van der Waals surface area contributed by atoms with Crippen LogP contribution in [0.25, 0.3) is 0 Å². The molecule has 1 atom stereocenters. The molecule has 0 spiro atoms. The molecule has 1 nitrogen and oxygen atoms in total. The van der Waals surface area contributed by atoms with Crippen molar-refractivity contribution in [2.75, 3.05) is 6.54 Å². The number of halogens is 2. The summed E-state index contributed by atoms with van der Waals surface area (Å²) >= 11 is 12.3. The Kier molecular flexibility index (Phi) is 7.06. The van der Waals surface area contributed by atoms with Gasteiger partial charge in [-0.05, 0) is 42.6 Å². The van der Waals surface area contributed by atoms with E-state index in [2.05, 4.69) is 26.1 Å². The summed E-state index contributed by atoms with van der Waals surface area (Å²) < 4.78 is 0. The van der Waals surface area contributed by atoms with Crippen molar-refractivity contribution in [2.24, 2.45) is 5.92 Å². The van der Waals surface area contributed by atoms with E-state index in [4.69, 9.17) is 23.2 Å². The topological polar surface area (TPSA) is 12.0 Å². The Hall–Kier alpha value is -0.240. The van der Waals surface area contributed by atoms with Crippen LogP contribution in [0.5, 0.6) is 0 Å². The van der Waals surface area contributed by atoms with Crippen LogP contribution < -0.4 is 5.32 Å². The molecular formula is C15H23Cl2N. The van der Waals surface area contributed by atoms with Crippen LogP contribution in [0, 0.1) is 5.92 Å². The first-order valence-electron chi connectivity index (χ1n) is 6.73. The third-order valence-electron chi connectivity index (χ3n) is 3.06. The van der Waals surface area contributed by atoms with Gasteiger partial charge in [0.05, 0.1) is 0 Å². The van der Waals surface area contributed by atoms with Gasteiger partial charge in [-0.2, -0.15) is 0 Å². The molecule has 0 heterocycles. The van der Waals surface area contributed by atoms with E-state index in [0.29, 0.717) is 6.04 Å². The van der Waals surface area contributed by atoms with Crippen molar-refractivity contribution in [2.45, 2.75) is 46.1 Å². The molecule has 0 radical (unpaired) electrons. The molecule has 1 N–H and O–H groups in total. The highest BCUT2D eigenvalue weighted by molar-refractivity contribution is 6.33. The molecule has 0 saturated carbocycles. The first-order valence-corrected chi connectivity index (χ1v) is 7.48. The molecule has 0 aliphatic carbocycles. The van der Waals surface area contributed by atoms with Crippen molar-refractivity contribution in [1.82, 2.24) is 5.32 Å². The standard InChI is InChI=1S/C15H23Cl2N/c1-4-18-15(7-5-6-11(2)3)13-10-12(16)8-9-14(13)17/h8-11,15,18H,4-7H2,1-3H3. The zero-order valence-corrected chi connectivity index (χ0v) is 13.0. The molecule has 3 heteroatoms. The second-order valence-electron chi connectivity index (χ2n) is 5.10. The second kappa shape index (κ2) is 8.04. The van der Waals surface area contributed by atoms with E-state index in [1.807, 2.05) is 18.2 Å². The largest absolute Gasteiger partial charge is 0.310 e. The van der Waals surface area contributed by atoms with Crippen molar-refractivity contribution < 1.29 is 0 Å². The molecule has 0 bridgehead atoms. The molecule has 1 rings (SSSR count). The fraction of sp³-hybridized carbons (Fsp3) is 0.600. The van der Waals surface area contributed by atoms with Crippen LogP contribution in [0.4, 0.5) is 0 Å². The van der Waals surface area contributed by atoms with Crippen LogP contribution in [0.2, 0.25) is 10.0 Å². The molecule has 0 amide bonds. The van der Waals surface area contributed by atoms with Gasteiger partial charge in [0.2, 0.25) is 0 Å². The Bertz CT molecular complexity index is 364. The minimum absolute atomic E-state index is 0.306. The van der Waals surface area contributed by atoms with Crippen LogP contribution in [-0.2, 0) is 0 Å². The average molecular weight is 288 g/mol. The van der Waals surface area contributed by atoms with E-state index < -0.39 is 0 Å². The summed E-state index contributed by atoms with van der Waals surface area (Å²) in [6, 6.07) is 6.00. The number of benzene rings is 1. The highest BCUT2D eigenvalue weighted by Gasteiger charge is 2.14. The Morgan fingerprint density at radius 3 is 2.50 bits per heavy atom. The van der Waals surface area contributed by atoms with E-state index in [9.17, 15) is 0 Å². The van der Waals surface area contributed by atoms with Gasteiger partial charge in [-0.25, -0.2) is 0 Å². The third kappa shape index (κ3) is 5.17. The molecule has 0 aliphatic rings. The maximum atomic E-state index is 6.27. The SMILES string of the molecule is CCNC(CCCC(C)C)c1cc(Cl)ccc1Cl. The summed E-state index contributed by atoms with van der Waals surface area (Å²) in [4.78, 5) is 0. The van der Waals surface area contributed by atoms with Gasteiger partial charge in [0, 0.05) is 16.1 Å². The van der Waals surface area contributed by atoms with Gasteiger partial charge >= 0.3 is 0 Å². The molecule has 1 aromatic carbocycles. The Labute approximate surface area is 121 Å². The maximum Gasteiger partial charge on any atom is 0.0454 e. The molecule has 0 fully saturated rings. The lowest BCUT2D eigenvalue weighted by Crippen LogP contribution is -2.21. The van der Waals surface area contributed by atoms with Crippen molar-refractivity contribution in [3.8, 4) is 0 Å². The average Bonchev–Trinajstić information content (AvgIpc) is 2.31. The van der Waals surface area contributed by atoms with Crippen molar-refractivity contribution in [3.05, 3.63) is 33.8 Å². The fourth-order valence-corrected chi connectivity index (χ4v) is 2.56. The molecular weight excluding hydrogens is 265 g/mol. The van der Waals surface area contributed by atoms with Gasteiger partial charge < -0.3 is 5.32 Å². The van der Waals surface area contributed by atoms with E-state index >= 15 is 0 Å². The van der Waals surface area contributed by atoms with Crippen molar-refractivity contribution in [1.29, 1.82) is 0 Å². The lowest BCUT2D eigenvalue weighted by molar-refractivity contribution is 0.455. The maximum absolute atomic E-state index is 6.27. The first kappa shape index (κ1) is 15.8. The predicted octanol–water partition coefficient (Wildman–Crippen LogP) is 5.47. The van der Waals surface area contributed by atoms with Crippen LogP contribution in [-0.4, -0.2) is 6.54 Å². The summed E-state index contributed by atoms with van der Waals surface area (Å²) in [5.74, 6) is 0.752. The molecule has 18 heavy (non-hydrogen) atoms. The number of nitrogens with one attached hydrogen (secondary N) is 1. The van der Waals surface area contributed by atoms with Crippen LogP contribution in [0.3, 0.4) is 0 Å². The number of rotatable bonds is 7. The second-order valence-corrected chi connectivity index (χ2v) is 5.94. The van der Waals surface area contributed by atoms with Crippen molar-refractivity contribution >= 4 is 23.2 Å².